The number of aromatic amines is 1. The summed E-state index contributed by atoms with van der Waals surface area (Å²) in [7, 11) is 0. The molecule has 0 saturated carbocycles. The lowest BCUT2D eigenvalue weighted by Gasteiger charge is -2.47. The van der Waals surface area contributed by atoms with E-state index in [-0.39, 0.29) is 23.9 Å². The van der Waals surface area contributed by atoms with Crippen molar-refractivity contribution in [2.24, 2.45) is 0 Å². The molecule has 6 nitrogen and oxygen atoms in total. The van der Waals surface area contributed by atoms with Crippen molar-refractivity contribution in [1.82, 2.24) is 14.9 Å². The molecule has 4 rings (SSSR count). The lowest BCUT2D eigenvalue weighted by Crippen LogP contribution is -2.58. The van der Waals surface area contributed by atoms with E-state index in [1.165, 1.54) is 12.1 Å². The van der Waals surface area contributed by atoms with Crippen molar-refractivity contribution in [1.29, 1.82) is 0 Å². The Labute approximate surface area is 145 Å². The number of aromatic nitrogens is 2. The number of morpholine rings is 1. The highest BCUT2D eigenvalue weighted by molar-refractivity contribution is 5.95. The van der Waals surface area contributed by atoms with Gasteiger partial charge in [0.2, 0.25) is 0 Å². The number of imidazole rings is 1. The normalized spacial score (nSPS) is 21.0. The molecule has 132 valence electrons. The van der Waals surface area contributed by atoms with Crippen molar-refractivity contribution in [3.8, 4) is 0 Å². The van der Waals surface area contributed by atoms with Gasteiger partial charge in [0.05, 0.1) is 18.5 Å². The molecule has 0 bridgehead atoms. The summed E-state index contributed by atoms with van der Waals surface area (Å²) in [4.78, 5) is 23.5. The van der Waals surface area contributed by atoms with Crippen molar-refractivity contribution in [3.05, 3.63) is 48.3 Å². The fraction of sp³-hybridized carbons (Fsp3) is 0.444. The van der Waals surface area contributed by atoms with E-state index in [4.69, 9.17) is 4.74 Å². The van der Waals surface area contributed by atoms with E-state index in [0.29, 0.717) is 12.2 Å². The standard InChI is InChI=1S/C18H21FN4O2/c19-14-2-1-3-16(8-14)23-12-18(25-11-17(23)24)4-6-22(7-5-18)10-15-9-20-13-21-15/h1-3,8-9,13H,4-7,10-12H2,(H,20,21). The Morgan fingerprint density at radius 1 is 1.32 bits per heavy atom. The fourth-order valence-corrected chi connectivity index (χ4v) is 3.63. The van der Waals surface area contributed by atoms with Gasteiger partial charge in [-0.3, -0.25) is 9.69 Å². The van der Waals surface area contributed by atoms with Gasteiger partial charge in [-0.1, -0.05) is 6.07 Å². The number of amides is 1. The molecule has 1 amide bonds. The predicted molar refractivity (Wildman–Crippen MR) is 90.5 cm³/mol. The van der Waals surface area contributed by atoms with Gasteiger partial charge in [-0.25, -0.2) is 9.37 Å². The third kappa shape index (κ3) is 3.43. The van der Waals surface area contributed by atoms with Gasteiger partial charge in [0.1, 0.15) is 12.4 Å². The van der Waals surface area contributed by atoms with Crippen molar-refractivity contribution in [2.45, 2.75) is 25.0 Å². The van der Waals surface area contributed by atoms with E-state index in [1.54, 1.807) is 23.4 Å². The van der Waals surface area contributed by atoms with E-state index in [2.05, 4.69) is 14.9 Å². The smallest absolute Gasteiger partial charge is 0.253 e. The van der Waals surface area contributed by atoms with E-state index in [1.807, 2.05) is 6.20 Å². The second-order valence-corrected chi connectivity index (χ2v) is 6.78. The number of halogens is 1. The maximum Gasteiger partial charge on any atom is 0.253 e. The van der Waals surface area contributed by atoms with Gasteiger partial charge in [0.25, 0.3) is 5.91 Å². The Bertz CT molecular complexity index is 741. The molecule has 2 aromatic rings. The minimum atomic E-state index is -0.343. The molecule has 7 heteroatoms. The minimum absolute atomic E-state index is 0.0526. The van der Waals surface area contributed by atoms with Crippen molar-refractivity contribution in [3.63, 3.8) is 0 Å². The maximum atomic E-state index is 13.5. The van der Waals surface area contributed by atoms with Crippen LogP contribution in [0.15, 0.2) is 36.8 Å². The largest absolute Gasteiger partial charge is 0.363 e. The number of nitrogens with zero attached hydrogens (tertiary/aromatic N) is 3. The van der Waals surface area contributed by atoms with Crippen molar-refractivity contribution >= 4 is 11.6 Å². The van der Waals surface area contributed by atoms with Crippen LogP contribution in [0.3, 0.4) is 0 Å². The van der Waals surface area contributed by atoms with Gasteiger partial charge >= 0.3 is 0 Å². The monoisotopic (exact) mass is 344 g/mol. The molecular formula is C18H21FN4O2. The summed E-state index contributed by atoms with van der Waals surface area (Å²) >= 11 is 0. The Morgan fingerprint density at radius 2 is 2.16 bits per heavy atom. The lowest BCUT2D eigenvalue weighted by atomic mass is 9.89. The Hall–Kier alpha value is -2.25. The summed E-state index contributed by atoms with van der Waals surface area (Å²) in [5.74, 6) is -0.448. The molecule has 0 radical (unpaired) electrons. The maximum absolute atomic E-state index is 13.5. The number of benzene rings is 1. The number of rotatable bonds is 3. The van der Waals surface area contributed by atoms with Gasteiger partial charge < -0.3 is 14.6 Å². The molecule has 1 N–H and O–H groups in total. The van der Waals surface area contributed by atoms with Crippen LogP contribution in [0.1, 0.15) is 18.5 Å². The first-order valence-corrected chi connectivity index (χ1v) is 8.53. The van der Waals surface area contributed by atoms with Gasteiger partial charge in [-0.15, -0.1) is 0 Å². The molecule has 2 aliphatic rings. The molecule has 3 heterocycles. The molecule has 2 aliphatic heterocycles. The zero-order valence-electron chi connectivity index (χ0n) is 13.9. The van der Waals surface area contributed by atoms with Crippen LogP contribution in [0.4, 0.5) is 10.1 Å². The van der Waals surface area contributed by atoms with Gasteiger partial charge in [-0.2, -0.15) is 0 Å². The first-order valence-electron chi connectivity index (χ1n) is 8.53. The average Bonchev–Trinajstić information content (AvgIpc) is 3.12. The number of H-pyrrole nitrogens is 1. The molecule has 0 atom stereocenters. The molecule has 1 aromatic carbocycles. The summed E-state index contributed by atoms with van der Waals surface area (Å²) < 4.78 is 19.5. The second-order valence-electron chi connectivity index (χ2n) is 6.78. The predicted octanol–water partition coefficient (Wildman–Crippen LogP) is 1.95. The van der Waals surface area contributed by atoms with E-state index >= 15 is 0 Å². The van der Waals surface area contributed by atoms with Crippen LogP contribution < -0.4 is 4.90 Å². The van der Waals surface area contributed by atoms with Gasteiger partial charge in [0, 0.05) is 37.2 Å². The van der Waals surface area contributed by atoms with Crippen LogP contribution in [-0.2, 0) is 16.1 Å². The van der Waals surface area contributed by atoms with Crippen LogP contribution in [0.2, 0.25) is 0 Å². The number of carbonyl (C=O) groups is 1. The highest BCUT2D eigenvalue weighted by atomic mass is 19.1. The van der Waals surface area contributed by atoms with E-state index < -0.39 is 0 Å². The van der Waals surface area contributed by atoms with Gasteiger partial charge in [-0.05, 0) is 31.0 Å². The molecule has 25 heavy (non-hydrogen) atoms. The zero-order chi connectivity index (χ0) is 17.3. The Balaban J connectivity index is 1.43. The second kappa shape index (κ2) is 6.57. The first-order chi connectivity index (χ1) is 12.1. The number of hydrogen-bond acceptors (Lipinski definition) is 4. The number of ether oxygens (including phenoxy) is 1. The summed E-state index contributed by atoms with van der Waals surface area (Å²) in [5, 5.41) is 0. The van der Waals surface area contributed by atoms with Crippen molar-refractivity contribution < 1.29 is 13.9 Å². The zero-order valence-corrected chi connectivity index (χ0v) is 13.9. The van der Waals surface area contributed by atoms with Crippen LogP contribution in [0.5, 0.6) is 0 Å². The molecular weight excluding hydrogens is 323 g/mol. The molecule has 2 saturated heterocycles. The number of hydrogen-bond donors (Lipinski definition) is 1. The van der Waals surface area contributed by atoms with Gasteiger partial charge in [0.15, 0.2) is 0 Å². The van der Waals surface area contributed by atoms with Crippen LogP contribution in [0, 0.1) is 5.82 Å². The Morgan fingerprint density at radius 3 is 2.88 bits per heavy atom. The molecule has 0 unspecified atom stereocenters. The highest BCUT2D eigenvalue weighted by Gasteiger charge is 2.42. The quantitative estimate of drug-likeness (QED) is 0.924. The molecule has 0 aliphatic carbocycles. The first kappa shape index (κ1) is 16.2. The number of nitrogens with one attached hydrogen (secondary N) is 1. The molecule has 2 fully saturated rings. The van der Waals surface area contributed by atoms with E-state index in [9.17, 15) is 9.18 Å². The number of carbonyl (C=O) groups excluding carboxylic acids is 1. The third-order valence-corrected chi connectivity index (χ3v) is 5.09. The summed E-state index contributed by atoms with van der Waals surface area (Å²) in [6, 6.07) is 6.20. The van der Waals surface area contributed by atoms with Crippen LogP contribution in [-0.4, -0.2) is 52.6 Å². The Kier molecular flexibility index (Phi) is 4.27. The number of piperidine rings is 1. The lowest BCUT2D eigenvalue weighted by molar-refractivity contribution is -0.145. The number of likely N-dealkylation sites (tertiary alicyclic amines) is 1. The van der Waals surface area contributed by atoms with Crippen LogP contribution in [0.25, 0.3) is 0 Å². The third-order valence-electron chi connectivity index (χ3n) is 5.09. The summed E-state index contributed by atoms with van der Waals surface area (Å²) in [5.41, 5.74) is 1.36. The molecule has 1 aromatic heterocycles. The highest BCUT2D eigenvalue weighted by Crippen LogP contribution is 2.33. The fourth-order valence-electron chi connectivity index (χ4n) is 3.63. The number of anilines is 1. The van der Waals surface area contributed by atoms with E-state index in [0.717, 1.165) is 38.2 Å². The minimum Gasteiger partial charge on any atom is -0.363 e. The van der Waals surface area contributed by atoms with Crippen LogP contribution >= 0.6 is 0 Å². The van der Waals surface area contributed by atoms with Crippen molar-refractivity contribution in [2.75, 3.05) is 31.1 Å². The topological polar surface area (TPSA) is 61.5 Å². The summed E-state index contributed by atoms with van der Waals surface area (Å²) in [6.07, 6.45) is 5.22. The summed E-state index contributed by atoms with van der Waals surface area (Å²) in [6.45, 7) is 3.15. The molecule has 1 spiro atoms. The average molecular weight is 344 g/mol. The SMILES string of the molecule is O=C1COC2(CCN(Cc3cnc[nH]3)CC2)CN1c1cccc(F)c1.